The second-order valence-electron chi connectivity index (χ2n) is 6.10. The van der Waals surface area contributed by atoms with Crippen LogP contribution in [0.1, 0.15) is 39.0 Å². The normalized spacial score (nSPS) is 42.1. The Morgan fingerprint density at radius 2 is 2.00 bits per heavy atom. The minimum atomic E-state index is -0.352. The van der Waals surface area contributed by atoms with Crippen molar-refractivity contribution in [3.05, 3.63) is 0 Å². The summed E-state index contributed by atoms with van der Waals surface area (Å²) in [5.74, 6) is 1.59. The van der Waals surface area contributed by atoms with Gasteiger partial charge in [-0.05, 0) is 63.8 Å². The fourth-order valence-electron chi connectivity index (χ4n) is 4.02. The van der Waals surface area contributed by atoms with E-state index in [9.17, 15) is 9.90 Å². The van der Waals surface area contributed by atoms with Gasteiger partial charge in [0.2, 0.25) is 0 Å². The zero-order valence-corrected chi connectivity index (χ0v) is 11.4. The Morgan fingerprint density at radius 3 is 2.61 bits per heavy atom. The number of fused-ring (bicyclic) bond motifs is 1. The van der Waals surface area contributed by atoms with E-state index < -0.39 is 0 Å². The summed E-state index contributed by atoms with van der Waals surface area (Å²) in [4.78, 5) is 11.2. The van der Waals surface area contributed by atoms with Crippen LogP contribution in [-0.2, 0) is 4.79 Å². The number of aldehydes is 1. The van der Waals surface area contributed by atoms with Gasteiger partial charge in [0.05, 0.1) is 6.10 Å². The number of carbonyl (C=O) groups is 1. The standard InChI is InChI=1S/C14H26N2O2/c1-9(18)14-7-10-3-4-13(16-15-2)6-11(10)5-12(14)8-17/h8-16,18H,3-7H2,1-2H3/t9-,10+,11-,12+,13-,14-/m1/s1. The molecule has 104 valence electrons. The van der Waals surface area contributed by atoms with Gasteiger partial charge in [-0.2, -0.15) is 0 Å². The van der Waals surface area contributed by atoms with Crippen molar-refractivity contribution in [2.45, 2.75) is 51.2 Å². The number of hydrogen-bond donors (Lipinski definition) is 3. The highest BCUT2D eigenvalue weighted by atomic mass is 16.3. The Labute approximate surface area is 109 Å². The monoisotopic (exact) mass is 254 g/mol. The van der Waals surface area contributed by atoms with Crippen molar-refractivity contribution in [3.8, 4) is 0 Å². The van der Waals surface area contributed by atoms with Crippen molar-refractivity contribution in [3.63, 3.8) is 0 Å². The quantitative estimate of drug-likeness (QED) is 0.519. The molecule has 4 heteroatoms. The van der Waals surface area contributed by atoms with Crippen LogP contribution in [-0.4, -0.2) is 30.6 Å². The fourth-order valence-corrected chi connectivity index (χ4v) is 4.02. The highest BCUT2D eigenvalue weighted by Crippen LogP contribution is 2.45. The third kappa shape index (κ3) is 2.92. The number of rotatable bonds is 4. The highest BCUT2D eigenvalue weighted by molar-refractivity contribution is 5.54. The van der Waals surface area contributed by atoms with Gasteiger partial charge < -0.3 is 9.90 Å². The van der Waals surface area contributed by atoms with Crippen LogP contribution >= 0.6 is 0 Å². The first kappa shape index (κ1) is 14.0. The first-order chi connectivity index (χ1) is 8.65. The lowest BCUT2D eigenvalue weighted by Crippen LogP contribution is -2.47. The van der Waals surface area contributed by atoms with Gasteiger partial charge >= 0.3 is 0 Å². The van der Waals surface area contributed by atoms with E-state index in [1.165, 1.54) is 12.8 Å². The van der Waals surface area contributed by atoms with Gasteiger partial charge in [-0.3, -0.25) is 10.9 Å². The van der Waals surface area contributed by atoms with Crippen molar-refractivity contribution in [2.24, 2.45) is 23.7 Å². The first-order valence-electron chi connectivity index (χ1n) is 7.21. The molecule has 0 radical (unpaired) electrons. The molecule has 6 atom stereocenters. The maximum Gasteiger partial charge on any atom is 0.123 e. The molecule has 0 heterocycles. The predicted octanol–water partition coefficient (Wildman–Crippen LogP) is 1.10. The average Bonchev–Trinajstić information content (AvgIpc) is 2.37. The molecule has 2 aliphatic carbocycles. The zero-order chi connectivity index (χ0) is 13.1. The van der Waals surface area contributed by atoms with Gasteiger partial charge in [-0.15, -0.1) is 0 Å². The SMILES string of the molecule is CNN[C@@H]1CC[C@H]2C[C@H]([C@@H](C)O)[C@H](C=O)C[C@@H]2C1. The topological polar surface area (TPSA) is 61.4 Å². The molecule has 0 aliphatic heterocycles. The van der Waals surface area contributed by atoms with Crippen molar-refractivity contribution < 1.29 is 9.90 Å². The molecule has 18 heavy (non-hydrogen) atoms. The number of aliphatic hydroxyl groups is 1. The maximum atomic E-state index is 11.2. The van der Waals surface area contributed by atoms with Gasteiger partial charge in [0, 0.05) is 12.0 Å². The number of hydrogen-bond acceptors (Lipinski definition) is 4. The van der Waals surface area contributed by atoms with Gasteiger partial charge in [0.1, 0.15) is 6.29 Å². The highest BCUT2D eigenvalue weighted by Gasteiger charge is 2.41. The van der Waals surface area contributed by atoms with Crippen LogP contribution < -0.4 is 10.9 Å². The van der Waals surface area contributed by atoms with Gasteiger partial charge in [-0.1, -0.05) is 0 Å². The maximum absolute atomic E-state index is 11.2. The molecule has 2 saturated carbocycles. The van der Waals surface area contributed by atoms with E-state index in [1.807, 2.05) is 14.0 Å². The molecule has 2 fully saturated rings. The van der Waals surface area contributed by atoms with Crippen LogP contribution in [0.3, 0.4) is 0 Å². The third-order valence-electron chi connectivity index (χ3n) is 4.98. The van der Waals surface area contributed by atoms with Crippen LogP contribution in [0.25, 0.3) is 0 Å². The first-order valence-corrected chi connectivity index (χ1v) is 7.21. The molecule has 0 aromatic heterocycles. The number of carbonyl (C=O) groups excluding carboxylic acids is 1. The van der Waals surface area contributed by atoms with E-state index in [0.717, 1.165) is 25.5 Å². The van der Waals surface area contributed by atoms with E-state index in [4.69, 9.17) is 0 Å². The zero-order valence-electron chi connectivity index (χ0n) is 11.4. The molecular weight excluding hydrogens is 228 g/mol. The third-order valence-corrected chi connectivity index (χ3v) is 4.98. The summed E-state index contributed by atoms with van der Waals surface area (Å²) in [5.41, 5.74) is 6.32. The Bertz CT molecular complexity index is 283. The molecule has 0 saturated heterocycles. The van der Waals surface area contributed by atoms with Crippen molar-refractivity contribution >= 4 is 6.29 Å². The molecule has 0 bridgehead atoms. The van der Waals surface area contributed by atoms with Crippen LogP contribution in [0, 0.1) is 23.7 Å². The second kappa shape index (κ2) is 6.13. The number of hydrazine groups is 1. The minimum Gasteiger partial charge on any atom is -0.393 e. The van der Waals surface area contributed by atoms with Crippen molar-refractivity contribution in [1.82, 2.24) is 10.9 Å². The summed E-state index contributed by atoms with van der Waals surface area (Å²) in [7, 11) is 1.91. The number of aliphatic hydroxyl groups excluding tert-OH is 1. The van der Waals surface area contributed by atoms with Gasteiger partial charge in [0.15, 0.2) is 0 Å². The van der Waals surface area contributed by atoms with Gasteiger partial charge in [-0.25, -0.2) is 0 Å². The Kier molecular flexibility index (Phi) is 4.76. The minimum absolute atomic E-state index is 0.0552. The lowest BCUT2D eigenvalue weighted by atomic mass is 9.62. The molecule has 0 aromatic rings. The summed E-state index contributed by atoms with van der Waals surface area (Å²) in [6, 6.07) is 0.534. The van der Waals surface area contributed by atoms with Crippen LogP contribution in [0.15, 0.2) is 0 Å². The molecule has 0 unspecified atom stereocenters. The van der Waals surface area contributed by atoms with Gasteiger partial charge in [0.25, 0.3) is 0 Å². The number of nitrogens with one attached hydrogen (secondary N) is 2. The molecule has 3 N–H and O–H groups in total. The molecule has 0 aromatic carbocycles. The Balaban J connectivity index is 1.98. The molecule has 2 rings (SSSR count). The second-order valence-corrected chi connectivity index (χ2v) is 6.10. The summed E-state index contributed by atoms with van der Waals surface area (Å²) < 4.78 is 0. The molecule has 0 spiro atoms. The Morgan fingerprint density at radius 1 is 1.22 bits per heavy atom. The summed E-state index contributed by atoms with van der Waals surface area (Å²) in [6.45, 7) is 1.83. The van der Waals surface area contributed by atoms with Crippen LogP contribution in [0.2, 0.25) is 0 Å². The van der Waals surface area contributed by atoms with Crippen molar-refractivity contribution in [1.29, 1.82) is 0 Å². The van der Waals surface area contributed by atoms with E-state index >= 15 is 0 Å². The fraction of sp³-hybridized carbons (Fsp3) is 0.929. The molecule has 2 aliphatic rings. The van der Waals surface area contributed by atoms with Crippen molar-refractivity contribution in [2.75, 3.05) is 7.05 Å². The molecule has 4 nitrogen and oxygen atoms in total. The summed E-state index contributed by atoms with van der Waals surface area (Å²) in [5, 5.41) is 9.82. The lowest BCUT2D eigenvalue weighted by Gasteiger charge is -2.45. The van der Waals surface area contributed by atoms with E-state index in [0.29, 0.717) is 17.9 Å². The van der Waals surface area contributed by atoms with E-state index in [-0.39, 0.29) is 17.9 Å². The Hall–Kier alpha value is -0.450. The van der Waals surface area contributed by atoms with Crippen LogP contribution in [0.5, 0.6) is 0 Å². The largest absolute Gasteiger partial charge is 0.393 e. The van der Waals surface area contributed by atoms with Crippen LogP contribution in [0.4, 0.5) is 0 Å². The average molecular weight is 254 g/mol. The summed E-state index contributed by atoms with van der Waals surface area (Å²) in [6.07, 6.45) is 6.28. The molecule has 0 amide bonds. The summed E-state index contributed by atoms with van der Waals surface area (Å²) >= 11 is 0. The molecular formula is C14H26N2O2. The van der Waals surface area contributed by atoms with E-state index in [2.05, 4.69) is 10.9 Å². The smallest absolute Gasteiger partial charge is 0.123 e. The lowest BCUT2D eigenvalue weighted by molar-refractivity contribution is -0.118. The predicted molar refractivity (Wildman–Crippen MR) is 70.8 cm³/mol. The van der Waals surface area contributed by atoms with E-state index in [1.54, 1.807) is 0 Å².